The van der Waals surface area contributed by atoms with Gasteiger partial charge in [0.15, 0.2) is 6.10 Å². The maximum Gasteiger partial charge on any atom is 0.265 e. The number of benzene rings is 2. The first-order valence-corrected chi connectivity index (χ1v) is 9.00. The molecule has 25 heavy (non-hydrogen) atoms. The highest BCUT2D eigenvalue weighted by atomic mass is 16.5. The van der Waals surface area contributed by atoms with Gasteiger partial charge in [-0.2, -0.15) is 0 Å². The van der Waals surface area contributed by atoms with Gasteiger partial charge in [-0.05, 0) is 61.4 Å². The molecule has 0 fully saturated rings. The summed E-state index contributed by atoms with van der Waals surface area (Å²) in [6.07, 6.45) is 0.311. The zero-order chi connectivity index (χ0) is 18.6. The lowest BCUT2D eigenvalue weighted by Crippen LogP contribution is -2.31. The van der Waals surface area contributed by atoms with Crippen LogP contribution in [-0.2, 0) is 11.2 Å². The first-order chi connectivity index (χ1) is 11.8. The van der Waals surface area contributed by atoms with Crippen molar-refractivity contribution in [2.45, 2.75) is 60.0 Å². The number of anilines is 1. The number of carbonyl (C=O) groups excluding carboxylic acids is 1. The van der Waals surface area contributed by atoms with Crippen molar-refractivity contribution in [2.24, 2.45) is 0 Å². The Morgan fingerprint density at radius 1 is 1.12 bits per heavy atom. The lowest BCUT2D eigenvalue weighted by molar-refractivity contribution is -0.122. The average Bonchev–Trinajstić information content (AvgIpc) is 2.56. The quantitative estimate of drug-likeness (QED) is 0.765. The van der Waals surface area contributed by atoms with E-state index in [9.17, 15) is 4.79 Å². The smallest absolute Gasteiger partial charge is 0.265 e. The van der Waals surface area contributed by atoms with Crippen molar-refractivity contribution in [2.75, 3.05) is 5.32 Å². The lowest BCUT2D eigenvalue weighted by Gasteiger charge is -2.20. The molecule has 134 valence electrons. The van der Waals surface area contributed by atoms with E-state index in [-0.39, 0.29) is 5.91 Å². The molecule has 3 nitrogen and oxygen atoms in total. The molecule has 0 bridgehead atoms. The Morgan fingerprint density at radius 3 is 2.48 bits per heavy atom. The average molecular weight is 339 g/mol. The van der Waals surface area contributed by atoms with Crippen LogP contribution >= 0.6 is 0 Å². The molecule has 0 radical (unpaired) electrons. The van der Waals surface area contributed by atoms with Gasteiger partial charge in [-0.3, -0.25) is 4.79 Å². The third-order valence-corrected chi connectivity index (χ3v) is 4.45. The minimum atomic E-state index is -0.566. The van der Waals surface area contributed by atoms with Crippen LogP contribution in [0.15, 0.2) is 36.4 Å². The van der Waals surface area contributed by atoms with Crippen LogP contribution in [0.3, 0.4) is 0 Å². The van der Waals surface area contributed by atoms with Crippen molar-refractivity contribution in [3.63, 3.8) is 0 Å². The van der Waals surface area contributed by atoms with Gasteiger partial charge in [0, 0.05) is 5.69 Å². The molecule has 1 amide bonds. The third-order valence-electron chi connectivity index (χ3n) is 4.45. The van der Waals surface area contributed by atoms with Gasteiger partial charge in [-0.15, -0.1) is 0 Å². The van der Waals surface area contributed by atoms with Crippen LogP contribution in [0.1, 0.15) is 55.9 Å². The molecule has 0 spiro atoms. The van der Waals surface area contributed by atoms with Crippen LogP contribution in [0.4, 0.5) is 5.69 Å². The van der Waals surface area contributed by atoms with Gasteiger partial charge in [0.25, 0.3) is 5.91 Å². The van der Waals surface area contributed by atoms with E-state index in [2.05, 4.69) is 38.2 Å². The number of para-hydroxylation sites is 1. The monoisotopic (exact) mass is 339 g/mol. The first-order valence-electron chi connectivity index (χ1n) is 9.00. The molecule has 2 aromatic rings. The summed E-state index contributed by atoms with van der Waals surface area (Å²) in [5.74, 6) is 1.01. The number of hydrogen-bond acceptors (Lipinski definition) is 2. The Hall–Kier alpha value is -2.29. The van der Waals surface area contributed by atoms with E-state index in [1.165, 1.54) is 0 Å². The summed E-state index contributed by atoms with van der Waals surface area (Å²) < 4.78 is 6.02. The second kappa shape index (κ2) is 8.19. The normalized spacial score (nSPS) is 12.1. The van der Waals surface area contributed by atoms with Crippen LogP contribution in [-0.4, -0.2) is 12.0 Å². The second-order valence-electron chi connectivity index (χ2n) is 6.91. The molecule has 2 aromatic carbocycles. The van der Waals surface area contributed by atoms with E-state index in [0.717, 1.165) is 40.1 Å². The Bertz CT molecular complexity index is 750. The van der Waals surface area contributed by atoms with Crippen LogP contribution in [0, 0.1) is 13.8 Å². The number of aryl methyl sites for hydroxylation is 3. The second-order valence-corrected chi connectivity index (χ2v) is 6.91. The van der Waals surface area contributed by atoms with E-state index in [1.807, 2.05) is 38.1 Å². The molecule has 0 aliphatic carbocycles. The number of ether oxygens (including phenoxy) is 1. The molecule has 1 unspecified atom stereocenters. The van der Waals surface area contributed by atoms with Crippen molar-refractivity contribution in [1.82, 2.24) is 0 Å². The molecular weight excluding hydrogens is 310 g/mol. The summed E-state index contributed by atoms with van der Waals surface area (Å²) in [5, 5.41) is 3.05. The highest BCUT2D eigenvalue weighted by Gasteiger charge is 2.19. The standard InChI is InChI=1S/C22H29NO2/c1-7-18-10-8-9-16(5)21(18)23-22(24)17(6)25-20-13-15(4)11-12-19(20)14(2)3/h8-14,17H,7H2,1-6H3,(H,23,24). The number of rotatable bonds is 6. The van der Waals surface area contributed by atoms with Gasteiger partial charge in [0.05, 0.1) is 0 Å². The Kier molecular flexibility index (Phi) is 6.24. The molecular formula is C22H29NO2. The molecule has 0 aliphatic rings. The number of nitrogens with one attached hydrogen (secondary N) is 1. The number of carbonyl (C=O) groups is 1. The van der Waals surface area contributed by atoms with Crippen molar-refractivity contribution < 1.29 is 9.53 Å². The predicted octanol–water partition coefficient (Wildman–Crippen LogP) is 5.40. The Morgan fingerprint density at radius 2 is 1.84 bits per heavy atom. The van der Waals surface area contributed by atoms with Crippen molar-refractivity contribution >= 4 is 11.6 Å². The molecule has 0 heterocycles. The molecule has 0 saturated heterocycles. The minimum Gasteiger partial charge on any atom is -0.481 e. The van der Waals surface area contributed by atoms with E-state index in [0.29, 0.717) is 5.92 Å². The number of hydrogen-bond donors (Lipinski definition) is 1. The fraction of sp³-hybridized carbons (Fsp3) is 0.409. The molecule has 1 atom stereocenters. The minimum absolute atomic E-state index is 0.125. The fourth-order valence-corrected chi connectivity index (χ4v) is 2.89. The third kappa shape index (κ3) is 4.62. The summed E-state index contributed by atoms with van der Waals surface area (Å²) in [6.45, 7) is 12.2. The number of amides is 1. The lowest BCUT2D eigenvalue weighted by atomic mass is 10.0. The topological polar surface area (TPSA) is 38.3 Å². The van der Waals surface area contributed by atoms with Gasteiger partial charge in [-0.25, -0.2) is 0 Å². The Labute approximate surface area is 151 Å². The van der Waals surface area contributed by atoms with Crippen LogP contribution in [0.5, 0.6) is 5.75 Å². The van der Waals surface area contributed by atoms with E-state index < -0.39 is 6.10 Å². The van der Waals surface area contributed by atoms with Gasteiger partial charge in [-0.1, -0.05) is 51.1 Å². The molecule has 0 saturated carbocycles. The van der Waals surface area contributed by atoms with Gasteiger partial charge in [0.1, 0.15) is 5.75 Å². The largest absolute Gasteiger partial charge is 0.481 e. The van der Waals surface area contributed by atoms with E-state index in [1.54, 1.807) is 6.92 Å². The van der Waals surface area contributed by atoms with Gasteiger partial charge in [0.2, 0.25) is 0 Å². The van der Waals surface area contributed by atoms with E-state index in [4.69, 9.17) is 4.74 Å². The summed E-state index contributed by atoms with van der Waals surface area (Å²) in [6, 6.07) is 12.2. The van der Waals surface area contributed by atoms with Crippen molar-refractivity contribution in [3.8, 4) is 5.75 Å². The highest BCUT2D eigenvalue weighted by molar-refractivity contribution is 5.95. The van der Waals surface area contributed by atoms with Crippen molar-refractivity contribution in [3.05, 3.63) is 58.7 Å². The van der Waals surface area contributed by atoms with Crippen LogP contribution in [0.25, 0.3) is 0 Å². The van der Waals surface area contributed by atoms with Crippen molar-refractivity contribution in [1.29, 1.82) is 0 Å². The van der Waals surface area contributed by atoms with Gasteiger partial charge < -0.3 is 10.1 Å². The van der Waals surface area contributed by atoms with Gasteiger partial charge >= 0.3 is 0 Å². The molecule has 3 heteroatoms. The molecule has 1 N–H and O–H groups in total. The van der Waals surface area contributed by atoms with Crippen LogP contribution in [0.2, 0.25) is 0 Å². The summed E-state index contributed by atoms with van der Waals surface area (Å²) >= 11 is 0. The maximum absolute atomic E-state index is 12.7. The predicted molar refractivity (Wildman–Crippen MR) is 105 cm³/mol. The highest BCUT2D eigenvalue weighted by Crippen LogP contribution is 2.29. The molecule has 0 aliphatic heterocycles. The summed E-state index contributed by atoms with van der Waals surface area (Å²) in [5.41, 5.74) is 5.35. The van der Waals surface area contributed by atoms with Crippen LogP contribution < -0.4 is 10.1 Å². The zero-order valence-corrected chi connectivity index (χ0v) is 16.1. The van der Waals surface area contributed by atoms with E-state index >= 15 is 0 Å². The first kappa shape index (κ1) is 19.0. The SMILES string of the molecule is CCc1cccc(C)c1NC(=O)C(C)Oc1cc(C)ccc1C(C)C. The molecule has 0 aromatic heterocycles. The summed E-state index contributed by atoms with van der Waals surface area (Å²) in [7, 11) is 0. The summed E-state index contributed by atoms with van der Waals surface area (Å²) in [4.78, 5) is 12.7. The zero-order valence-electron chi connectivity index (χ0n) is 16.1. The fourth-order valence-electron chi connectivity index (χ4n) is 2.89. The maximum atomic E-state index is 12.7. The molecule has 2 rings (SSSR count). The Balaban J connectivity index is 2.18.